The van der Waals surface area contributed by atoms with Gasteiger partial charge in [-0.2, -0.15) is 13.2 Å². The molecular weight excluding hydrogens is 309 g/mol. The maximum Gasteiger partial charge on any atom is 0.416 e. The van der Waals surface area contributed by atoms with Crippen molar-refractivity contribution in [3.8, 4) is 5.88 Å². The molecule has 23 heavy (non-hydrogen) atoms. The third-order valence-electron chi connectivity index (χ3n) is 4.13. The zero-order valence-corrected chi connectivity index (χ0v) is 12.4. The highest BCUT2D eigenvalue weighted by atomic mass is 19.4. The van der Waals surface area contributed by atoms with Crippen LogP contribution < -0.4 is 4.74 Å². The minimum absolute atomic E-state index is 0.0210. The van der Waals surface area contributed by atoms with Crippen LogP contribution in [0.3, 0.4) is 0 Å². The number of pyridine rings is 1. The second kappa shape index (κ2) is 6.22. The molecule has 4 nitrogen and oxygen atoms in total. The number of ether oxygens (including phenoxy) is 1. The van der Waals surface area contributed by atoms with Crippen LogP contribution in [0.15, 0.2) is 30.5 Å². The Kier molecular flexibility index (Phi) is 4.28. The van der Waals surface area contributed by atoms with Crippen LogP contribution in [0, 0.1) is 5.92 Å². The van der Waals surface area contributed by atoms with Gasteiger partial charge in [-0.3, -0.25) is 4.79 Å². The van der Waals surface area contributed by atoms with E-state index in [2.05, 4.69) is 11.1 Å². The van der Waals surface area contributed by atoms with Crippen molar-refractivity contribution < 1.29 is 22.7 Å². The van der Waals surface area contributed by atoms with E-state index in [1.807, 2.05) is 6.08 Å². The summed E-state index contributed by atoms with van der Waals surface area (Å²) in [6, 6.07) is 1.79. The van der Waals surface area contributed by atoms with Crippen LogP contribution in [0.4, 0.5) is 13.2 Å². The van der Waals surface area contributed by atoms with Gasteiger partial charge in [-0.1, -0.05) is 12.2 Å². The van der Waals surface area contributed by atoms with Crippen molar-refractivity contribution >= 4 is 5.91 Å². The normalized spacial score (nSPS) is 21.9. The maximum absolute atomic E-state index is 12.6. The number of halogens is 3. The topological polar surface area (TPSA) is 42.4 Å². The summed E-state index contributed by atoms with van der Waals surface area (Å²) in [4.78, 5) is 17.7. The first-order valence-corrected chi connectivity index (χ1v) is 7.57. The molecule has 0 bridgehead atoms. The molecule has 1 aliphatic heterocycles. The first-order chi connectivity index (χ1) is 10.9. The van der Waals surface area contributed by atoms with Crippen LogP contribution in [-0.4, -0.2) is 35.0 Å². The Morgan fingerprint density at radius 1 is 1.30 bits per heavy atom. The van der Waals surface area contributed by atoms with E-state index in [1.165, 1.54) is 0 Å². The SMILES string of the molecule is O=C(C1CC=CCC1)N1CC(Oc2cc(C(F)(F)F)ccn2)C1. The molecule has 124 valence electrons. The summed E-state index contributed by atoms with van der Waals surface area (Å²) in [5.74, 6) is 0.0661. The summed E-state index contributed by atoms with van der Waals surface area (Å²) >= 11 is 0. The molecule has 3 rings (SSSR count). The molecular formula is C16H17F3N2O2. The van der Waals surface area contributed by atoms with Crippen LogP contribution in [0.25, 0.3) is 0 Å². The first kappa shape index (κ1) is 15.8. The highest BCUT2D eigenvalue weighted by Gasteiger charge is 2.36. The van der Waals surface area contributed by atoms with Crippen molar-refractivity contribution in [1.82, 2.24) is 9.88 Å². The van der Waals surface area contributed by atoms with E-state index in [4.69, 9.17) is 4.74 Å². The minimum atomic E-state index is -4.42. The van der Waals surface area contributed by atoms with Crippen molar-refractivity contribution in [3.05, 3.63) is 36.0 Å². The average molecular weight is 326 g/mol. The lowest BCUT2D eigenvalue weighted by Gasteiger charge is -2.40. The minimum Gasteiger partial charge on any atom is -0.471 e. The lowest BCUT2D eigenvalue weighted by molar-refractivity contribution is -0.144. The van der Waals surface area contributed by atoms with Gasteiger partial charge in [-0.25, -0.2) is 4.98 Å². The van der Waals surface area contributed by atoms with Gasteiger partial charge in [0.25, 0.3) is 0 Å². The van der Waals surface area contributed by atoms with Gasteiger partial charge >= 0.3 is 6.18 Å². The summed E-state index contributed by atoms with van der Waals surface area (Å²) < 4.78 is 43.3. The fraction of sp³-hybridized carbons (Fsp3) is 0.500. The van der Waals surface area contributed by atoms with Crippen LogP contribution in [-0.2, 0) is 11.0 Å². The van der Waals surface area contributed by atoms with Gasteiger partial charge in [0.05, 0.1) is 18.7 Å². The van der Waals surface area contributed by atoms with E-state index in [9.17, 15) is 18.0 Å². The Bertz CT molecular complexity index is 610. The molecule has 1 aliphatic carbocycles. The number of hydrogen-bond acceptors (Lipinski definition) is 3. The van der Waals surface area contributed by atoms with Crippen LogP contribution in [0.2, 0.25) is 0 Å². The molecule has 1 aromatic heterocycles. The van der Waals surface area contributed by atoms with E-state index in [0.29, 0.717) is 13.1 Å². The van der Waals surface area contributed by atoms with E-state index in [1.54, 1.807) is 4.90 Å². The van der Waals surface area contributed by atoms with Gasteiger partial charge in [0, 0.05) is 18.2 Å². The van der Waals surface area contributed by atoms with Gasteiger partial charge in [-0.05, 0) is 25.3 Å². The van der Waals surface area contributed by atoms with Gasteiger partial charge in [0.2, 0.25) is 11.8 Å². The Balaban J connectivity index is 1.52. The fourth-order valence-corrected chi connectivity index (χ4v) is 2.79. The maximum atomic E-state index is 12.6. The number of carbonyl (C=O) groups excluding carboxylic acids is 1. The molecule has 7 heteroatoms. The molecule has 2 heterocycles. The number of amides is 1. The highest BCUT2D eigenvalue weighted by Crippen LogP contribution is 2.31. The lowest BCUT2D eigenvalue weighted by Crippen LogP contribution is -2.57. The molecule has 0 spiro atoms. The molecule has 0 saturated carbocycles. The summed E-state index contributed by atoms with van der Waals surface area (Å²) in [5.41, 5.74) is -0.788. The summed E-state index contributed by atoms with van der Waals surface area (Å²) in [5, 5.41) is 0. The molecule has 0 radical (unpaired) electrons. The van der Waals surface area contributed by atoms with E-state index in [0.717, 1.165) is 37.6 Å². The number of hydrogen-bond donors (Lipinski definition) is 0. The lowest BCUT2D eigenvalue weighted by atomic mass is 9.92. The van der Waals surface area contributed by atoms with Crippen molar-refractivity contribution in [1.29, 1.82) is 0 Å². The van der Waals surface area contributed by atoms with E-state index >= 15 is 0 Å². The van der Waals surface area contributed by atoms with Gasteiger partial charge in [0.1, 0.15) is 6.10 Å². The number of nitrogens with zero attached hydrogens (tertiary/aromatic N) is 2. The zero-order valence-electron chi connectivity index (χ0n) is 12.4. The third kappa shape index (κ3) is 3.65. The molecule has 1 aromatic rings. The van der Waals surface area contributed by atoms with Crippen LogP contribution in [0.1, 0.15) is 24.8 Å². The number of alkyl halides is 3. The average Bonchev–Trinajstić information content (AvgIpc) is 2.50. The Labute approximate surface area is 131 Å². The van der Waals surface area contributed by atoms with Crippen LogP contribution in [0.5, 0.6) is 5.88 Å². The molecule has 1 unspecified atom stereocenters. The smallest absolute Gasteiger partial charge is 0.416 e. The Morgan fingerprint density at radius 3 is 2.74 bits per heavy atom. The second-order valence-electron chi connectivity index (χ2n) is 5.84. The Morgan fingerprint density at radius 2 is 2.09 bits per heavy atom. The number of rotatable bonds is 3. The van der Waals surface area contributed by atoms with Gasteiger partial charge in [0.15, 0.2) is 0 Å². The third-order valence-corrected chi connectivity index (χ3v) is 4.13. The second-order valence-corrected chi connectivity index (χ2v) is 5.84. The quantitative estimate of drug-likeness (QED) is 0.802. The predicted octanol–water partition coefficient (Wildman–Crippen LogP) is 3.05. The van der Waals surface area contributed by atoms with Crippen molar-refractivity contribution in [2.45, 2.75) is 31.5 Å². The van der Waals surface area contributed by atoms with Crippen molar-refractivity contribution in [3.63, 3.8) is 0 Å². The largest absolute Gasteiger partial charge is 0.471 e. The molecule has 1 saturated heterocycles. The van der Waals surface area contributed by atoms with E-state index < -0.39 is 11.7 Å². The zero-order chi connectivity index (χ0) is 16.4. The summed E-state index contributed by atoms with van der Waals surface area (Å²) in [7, 11) is 0. The predicted molar refractivity (Wildman–Crippen MR) is 76.7 cm³/mol. The number of allylic oxidation sites excluding steroid dienone is 2. The van der Waals surface area contributed by atoms with Crippen LogP contribution >= 0.6 is 0 Å². The first-order valence-electron chi connectivity index (χ1n) is 7.57. The Hall–Kier alpha value is -2.05. The van der Waals surface area contributed by atoms with E-state index in [-0.39, 0.29) is 23.8 Å². The standard InChI is InChI=1S/C16H17F3N2O2/c17-16(18,19)12-6-7-20-14(8-12)23-13-9-21(10-13)15(22)11-4-2-1-3-5-11/h1-2,6-8,11,13H,3-5,9-10H2. The van der Waals surface area contributed by atoms with Crippen molar-refractivity contribution in [2.75, 3.05) is 13.1 Å². The molecule has 2 aliphatic rings. The summed E-state index contributed by atoms with van der Waals surface area (Å²) in [6.07, 6.45) is 2.98. The summed E-state index contributed by atoms with van der Waals surface area (Å²) in [6.45, 7) is 0.800. The molecule has 0 aromatic carbocycles. The highest BCUT2D eigenvalue weighted by molar-refractivity contribution is 5.80. The molecule has 1 fully saturated rings. The fourth-order valence-electron chi connectivity index (χ4n) is 2.79. The molecule has 0 N–H and O–H groups in total. The number of aromatic nitrogens is 1. The van der Waals surface area contributed by atoms with Gasteiger partial charge < -0.3 is 9.64 Å². The molecule has 1 atom stereocenters. The number of carbonyl (C=O) groups is 1. The monoisotopic (exact) mass is 326 g/mol. The molecule has 1 amide bonds. The van der Waals surface area contributed by atoms with Crippen molar-refractivity contribution in [2.24, 2.45) is 5.92 Å². The van der Waals surface area contributed by atoms with Gasteiger partial charge in [-0.15, -0.1) is 0 Å². The number of likely N-dealkylation sites (tertiary alicyclic amines) is 1.